The zero-order valence-electron chi connectivity index (χ0n) is 9.93. The molecular weight excluding hydrogens is 221 g/mol. The molecule has 3 nitrogen and oxygen atoms in total. The molecule has 1 aromatic carbocycles. The maximum Gasteiger partial charge on any atom is 0.146 e. The summed E-state index contributed by atoms with van der Waals surface area (Å²) in [6.45, 7) is 2.03. The molecule has 17 heavy (non-hydrogen) atoms. The summed E-state index contributed by atoms with van der Waals surface area (Å²) in [7, 11) is 0. The maximum atomic E-state index is 13.9. The van der Waals surface area contributed by atoms with Gasteiger partial charge in [-0.1, -0.05) is 12.1 Å². The molecule has 0 bridgehead atoms. The minimum atomic E-state index is -0.708. The summed E-state index contributed by atoms with van der Waals surface area (Å²) < 4.78 is 13.9. The van der Waals surface area contributed by atoms with E-state index in [0.717, 1.165) is 12.8 Å². The Morgan fingerprint density at radius 3 is 2.71 bits per heavy atom. The Bertz CT molecular complexity index is 391. The van der Waals surface area contributed by atoms with Crippen LogP contribution in [0.3, 0.4) is 0 Å². The van der Waals surface area contributed by atoms with Gasteiger partial charge >= 0.3 is 0 Å². The number of hydrogen-bond donors (Lipinski definition) is 2. The molecule has 0 saturated heterocycles. The van der Waals surface area contributed by atoms with Gasteiger partial charge in [0.1, 0.15) is 5.82 Å². The minimum absolute atomic E-state index is 0.00984. The number of nitrogens with zero attached hydrogens (tertiary/aromatic N) is 1. The average molecular weight is 239 g/mol. The van der Waals surface area contributed by atoms with Crippen LogP contribution in [0.15, 0.2) is 18.2 Å². The fraction of sp³-hybridized carbons (Fsp3) is 0.538. The molecule has 1 aliphatic carbocycles. The van der Waals surface area contributed by atoms with Crippen molar-refractivity contribution >= 4 is 5.69 Å². The summed E-state index contributed by atoms with van der Waals surface area (Å²) in [5, 5.41) is 18.8. The van der Waals surface area contributed by atoms with Gasteiger partial charge in [0.05, 0.1) is 18.4 Å². The quantitative estimate of drug-likeness (QED) is 0.824. The first kappa shape index (κ1) is 12.3. The molecule has 0 radical (unpaired) electrons. The first-order valence-corrected chi connectivity index (χ1v) is 5.99. The topological polar surface area (TPSA) is 43.7 Å². The van der Waals surface area contributed by atoms with Gasteiger partial charge in [-0.25, -0.2) is 4.39 Å². The molecule has 2 N–H and O–H groups in total. The largest absolute Gasteiger partial charge is 0.395 e. The Morgan fingerprint density at radius 1 is 1.47 bits per heavy atom. The van der Waals surface area contributed by atoms with Gasteiger partial charge in [-0.3, -0.25) is 0 Å². The molecule has 0 aromatic heterocycles. The average Bonchev–Trinajstić information content (AvgIpc) is 3.10. The van der Waals surface area contributed by atoms with Crippen LogP contribution in [0.1, 0.15) is 31.4 Å². The van der Waals surface area contributed by atoms with Crippen molar-refractivity contribution in [1.82, 2.24) is 0 Å². The number of aliphatic hydroxyl groups excluding tert-OH is 2. The first-order chi connectivity index (χ1) is 8.15. The van der Waals surface area contributed by atoms with Gasteiger partial charge < -0.3 is 15.1 Å². The maximum absolute atomic E-state index is 13.9. The third kappa shape index (κ3) is 2.58. The fourth-order valence-corrected chi connectivity index (χ4v) is 2.14. The van der Waals surface area contributed by atoms with Crippen molar-refractivity contribution in [2.24, 2.45) is 0 Å². The number of benzene rings is 1. The van der Waals surface area contributed by atoms with Crippen LogP contribution in [0.2, 0.25) is 0 Å². The Morgan fingerprint density at radius 2 is 2.18 bits per heavy atom. The summed E-state index contributed by atoms with van der Waals surface area (Å²) in [5.41, 5.74) is 1.03. The van der Waals surface area contributed by atoms with Crippen LogP contribution in [0.25, 0.3) is 0 Å². The molecule has 2 rings (SSSR count). The van der Waals surface area contributed by atoms with E-state index in [0.29, 0.717) is 23.8 Å². The molecule has 0 aliphatic heterocycles. The van der Waals surface area contributed by atoms with Gasteiger partial charge in [0.2, 0.25) is 0 Å². The molecule has 1 fully saturated rings. The second kappa shape index (κ2) is 5.02. The second-order valence-corrected chi connectivity index (χ2v) is 4.50. The number of rotatable bonds is 5. The van der Waals surface area contributed by atoms with Gasteiger partial charge in [-0.2, -0.15) is 0 Å². The minimum Gasteiger partial charge on any atom is -0.395 e. The molecule has 0 unspecified atom stereocenters. The summed E-state index contributed by atoms with van der Waals surface area (Å²) in [6.07, 6.45) is 1.34. The highest BCUT2D eigenvalue weighted by Gasteiger charge is 2.32. The van der Waals surface area contributed by atoms with Crippen molar-refractivity contribution in [3.63, 3.8) is 0 Å². The predicted molar refractivity (Wildman–Crippen MR) is 64.5 cm³/mol. The highest BCUT2D eigenvalue weighted by atomic mass is 19.1. The molecule has 0 amide bonds. The smallest absolute Gasteiger partial charge is 0.146 e. The van der Waals surface area contributed by atoms with Crippen LogP contribution in [-0.4, -0.2) is 29.4 Å². The van der Waals surface area contributed by atoms with Gasteiger partial charge in [0.15, 0.2) is 0 Å². The Labute approximate surface area is 100 Å². The molecule has 1 aromatic rings. The molecule has 1 atom stereocenters. The second-order valence-electron chi connectivity index (χ2n) is 4.50. The lowest BCUT2D eigenvalue weighted by molar-refractivity contribution is 0.199. The van der Waals surface area contributed by atoms with E-state index < -0.39 is 6.10 Å². The van der Waals surface area contributed by atoms with E-state index in [1.807, 2.05) is 4.90 Å². The van der Waals surface area contributed by atoms with Crippen molar-refractivity contribution in [3.8, 4) is 0 Å². The van der Waals surface area contributed by atoms with E-state index in [9.17, 15) is 9.50 Å². The molecular formula is C13H18FNO2. The van der Waals surface area contributed by atoms with Crippen LogP contribution < -0.4 is 4.90 Å². The fourth-order valence-electron chi connectivity index (χ4n) is 2.14. The highest BCUT2D eigenvalue weighted by Crippen LogP contribution is 2.37. The van der Waals surface area contributed by atoms with Crippen LogP contribution >= 0.6 is 0 Å². The number of aliphatic hydroxyl groups is 2. The van der Waals surface area contributed by atoms with E-state index in [-0.39, 0.29) is 12.4 Å². The summed E-state index contributed by atoms with van der Waals surface area (Å²) in [4.78, 5) is 1.87. The van der Waals surface area contributed by atoms with E-state index in [4.69, 9.17) is 5.11 Å². The standard InChI is InChI=1S/C13H18FNO2/c1-9(17)11-3-2-4-12(14)13(11)15(7-8-16)10-5-6-10/h2-4,9-10,16-17H,5-8H2,1H3/t9-/m1/s1. The predicted octanol–water partition coefficient (Wildman–Crippen LogP) is 1.84. The zero-order chi connectivity index (χ0) is 12.4. The van der Waals surface area contributed by atoms with Crippen molar-refractivity contribution in [1.29, 1.82) is 0 Å². The van der Waals surface area contributed by atoms with Crippen LogP contribution in [-0.2, 0) is 0 Å². The number of halogens is 1. The van der Waals surface area contributed by atoms with E-state index >= 15 is 0 Å². The third-order valence-electron chi connectivity index (χ3n) is 3.08. The van der Waals surface area contributed by atoms with E-state index in [1.165, 1.54) is 6.07 Å². The highest BCUT2D eigenvalue weighted by molar-refractivity contribution is 5.57. The molecule has 94 valence electrons. The van der Waals surface area contributed by atoms with Crippen LogP contribution in [0.4, 0.5) is 10.1 Å². The third-order valence-corrected chi connectivity index (χ3v) is 3.08. The molecule has 0 spiro atoms. The zero-order valence-corrected chi connectivity index (χ0v) is 9.93. The van der Waals surface area contributed by atoms with E-state index in [2.05, 4.69) is 0 Å². The van der Waals surface area contributed by atoms with Crippen molar-refractivity contribution in [2.75, 3.05) is 18.1 Å². The van der Waals surface area contributed by atoms with Gasteiger partial charge in [0, 0.05) is 18.2 Å². The molecule has 1 saturated carbocycles. The number of para-hydroxylation sites is 1. The van der Waals surface area contributed by atoms with Crippen molar-refractivity contribution < 1.29 is 14.6 Å². The van der Waals surface area contributed by atoms with Crippen molar-refractivity contribution in [2.45, 2.75) is 31.9 Å². The molecule has 0 heterocycles. The number of anilines is 1. The molecule has 4 heteroatoms. The Balaban J connectivity index is 2.39. The molecule has 1 aliphatic rings. The lowest BCUT2D eigenvalue weighted by Crippen LogP contribution is -2.31. The van der Waals surface area contributed by atoms with Gasteiger partial charge in [-0.05, 0) is 25.8 Å². The van der Waals surface area contributed by atoms with Crippen LogP contribution in [0, 0.1) is 5.82 Å². The van der Waals surface area contributed by atoms with E-state index in [1.54, 1.807) is 19.1 Å². The number of hydrogen-bond acceptors (Lipinski definition) is 3. The van der Waals surface area contributed by atoms with Gasteiger partial charge in [0.25, 0.3) is 0 Å². The Hall–Kier alpha value is -1.13. The lowest BCUT2D eigenvalue weighted by Gasteiger charge is -2.27. The van der Waals surface area contributed by atoms with Crippen molar-refractivity contribution in [3.05, 3.63) is 29.6 Å². The Kier molecular flexibility index (Phi) is 3.64. The monoisotopic (exact) mass is 239 g/mol. The first-order valence-electron chi connectivity index (χ1n) is 5.99. The SMILES string of the molecule is C[C@@H](O)c1cccc(F)c1N(CCO)C1CC1. The summed E-state index contributed by atoms with van der Waals surface area (Å²) in [6, 6.07) is 5.03. The summed E-state index contributed by atoms with van der Waals surface area (Å²) in [5.74, 6) is -0.330. The van der Waals surface area contributed by atoms with Crippen LogP contribution in [0.5, 0.6) is 0 Å². The summed E-state index contributed by atoms with van der Waals surface area (Å²) >= 11 is 0. The van der Waals surface area contributed by atoms with Gasteiger partial charge in [-0.15, -0.1) is 0 Å². The lowest BCUT2D eigenvalue weighted by atomic mass is 10.1. The normalized spacial score (nSPS) is 16.9.